The smallest absolute Gasteiger partial charge is 0.238 e. The van der Waals surface area contributed by atoms with Crippen LogP contribution in [0.2, 0.25) is 0 Å². The molecule has 1 fully saturated rings. The number of carbonyl (C=O) groups is 1. The summed E-state index contributed by atoms with van der Waals surface area (Å²) in [5, 5.41) is 4.16. The second kappa shape index (κ2) is 6.72. The first-order chi connectivity index (χ1) is 12.2. The zero-order valence-electron chi connectivity index (χ0n) is 13.9. The maximum atomic E-state index is 12.4. The molecule has 0 bridgehead atoms. The summed E-state index contributed by atoms with van der Waals surface area (Å²) in [6.45, 7) is 2.74. The Morgan fingerprint density at radius 3 is 2.56 bits per heavy atom. The summed E-state index contributed by atoms with van der Waals surface area (Å²) in [5.74, 6) is 0.666. The molecular formula is C19H18N4OS. The lowest BCUT2D eigenvalue weighted by Crippen LogP contribution is -2.27. The zero-order chi connectivity index (χ0) is 17.2. The van der Waals surface area contributed by atoms with E-state index in [1.54, 1.807) is 22.8 Å². The van der Waals surface area contributed by atoms with Crippen molar-refractivity contribution >= 4 is 23.4 Å². The Morgan fingerprint density at radius 2 is 1.88 bits per heavy atom. The van der Waals surface area contributed by atoms with Crippen LogP contribution >= 0.6 is 11.8 Å². The van der Waals surface area contributed by atoms with Gasteiger partial charge in [0, 0.05) is 5.69 Å². The number of aryl methyl sites for hydroxylation is 1. The third-order valence-corrected chi connectivity index (χ3v) is 5.47. The highest BCUT2D eigenvalue weighted by Gasteiger charge is 2.33. The molecule has 1 aliphatic heterocycles. The number of thioether (sulfide) groups is 1. The maximum absolute atomic E-state index is 12.4. The average molecular weight is 350 g/mol. The number of carbonyl (C=O) groups excluding carboxylic acids is 1. The first-order valence-corrected chi connectivity index (χ1v) is 9.17. The lowest BCUT2D eigenvalue weighted by atomic mass is 10.1. The van der Waals surface area contributed by atoms with E-state index in [4.69, 9.17) is 0 Å². The van der Waals surface area contributed by atoms with E-state index in [2.05, 4.69) is 41.3 Å². The highest BCUT2D eigenvalue weighted by atomic mass is 32.2. The lowest BCUT2D eigenvalue weighted by Gasteiger charge is -2.24. The fourth-order valence-corrected chi connectivity index (χ4v) is 4.12. The van der Waals surface area contributed by atoms with Crippen molar-refractivity contribution in [2.24, 2.45) is 0 Å². The number of anilines is 1. The summed E-state index contributed by atoms with van der Waals surface area (Å²) in [6.07, 6.45) is 3.22. The number of hydrogen-bond donors (Lipinski definition) is 0. The molecule has 1 unspecified atom stereocenters. The van der Waals surface area contributed by atoms with E-state index in [9.17, 15) is 4.79 Å². The highest BCUT2D eigenvalue weighted by molar-refractivity contribution is 8.00. The number of benzene rings is 2. The van der Waals surface area contributed by atoms with E-state index in [0.717, 1.165) is 16.8 Å². The topological polar surface area (TPSA) is 51.0 Å². The van der Waals surface area contributed by atoms with Gasteiger partial charge in [0.1, 0.15) is 18.0 Å². The third-order valence-electron chi connectivity index (χ3n) is 4.26. The van der Waals surface area contributed by atoms with Crippen LogP contribution in [-0.4, -0.2) is 26.4 Å². The van der Waals surface area contributed by atoms with Crippen molar-refractivity contribution in [3.05, 3.63) is 77.9 Å². The molecule has 1 aromatic heterocycles. The second-order valence-corrected chi connectivity index (χ2v) is 7.17. The number of aromatic nitrogens is 3. The Bertz CT molecular complexity index is 859. The van der Waals surface area contributed by atoms with Crippen molar-refractivity contribution in [1.82, 2.24) is 14.8 Å². The van der Waals surface area contributed by atoms with Crippen molar-refractivity contribution in [2.75, 3.05) is 10.7 Å². The van der Waals surface area contributed by atoms with E-state index >= 15 is 0 Å². The van der Waals surface area contributed by atoms with Gasteiger partial charge in [0.2, 0.25) is 5.91 Å². The van der Waals surface area contributed by atoms with Gasteiger partial charge in [0.15, 0.2) is 0 Å². The van der Waals surface area contributed by atoms with Crippen molar-refractivity contribution in [2.45, 2.75) is 18.8 Å². The SMILES string of the molecule is Cc1ccc(C2SCC(=O)N2c2ccc(Cn3cncn3)cc2)cc1. The maximum Gasteiger partial charge on any atom is 0.238 e. The molecule has 25 heavy (non-hydrogen) atoms. The molecule has 1 saturated heterocycles. The molecule has 2 aromatic carbocycles. The average Bonchev–Trinajstić information content (AvgIpc) is 3.26. The van der Waals surface area contributed by atoms with Crippen LogP contribution in [0.3, 0.4) is 0 Å². The van der Waals surface area contributed by atoms with Gasteiger partial charge in [-0.15, -0.1) is 11.8 Å². The minimum absolute atomic E-state index is 0.0364. The summed E-state index contributed by atoms with van der Waals surface area (Å²) in [5.41, 5.74) is 4.44. The van der Waals surface area contributed by atoms with Crippen molar-refractivity contribution in [3.63, 3.8) is 0 Å². The molecular weight excluding hydrogens is 332 g/mol. The monoisotopic (exact) mass is 350 g/mol. The molecule has 1 aliphatic rings. The summed E-state index contributed by atoms with van der Waals surface area (Å²) >= 11 is 1.67. The molecule has 0 radical (unpaired) electrons. The van der Waals surface area contributed by atoms with Gasteiger partial charge in [-0.3, -0.25) is 9.69 Å². The third kappa shape index (κ3) is 3.30. The Labute approximate surface area is 150 Å². The van der Waals surface area contributed by atoms with E-state index in [0.29, 0.717) is 12.3 Å². The van der Waals surface area contributed by atoms with Gasteiger partial charge in [0.25, 0.3) is 0 Å². The van der Waals surface area contributed by atoms with Crippen LogP contribution < -0.4 is 4.90 Å². The van der Waals surface area contributed by atoms with Gasteiger partial charge in [-0.25, -0.2) is 9.67 Å². The summed E-state index contributed by atoms with van der Waals surface area (Å²) in [7, 11) is 0. The van der Waals surface area contributed by atoms with Crippen LogP contribution in [-0.2, 0) is 11.3 Å². The van der Waals surface area contributed by atoms with Crippen molar-refractivity contribution in [1.29, 1.82) is 0 Å². The van der Waals surface area contributed by atoms with Gasteiger partial charge in [0.05, 0.1) is 12.3 Å². The van der Waals surface area contributed by atoms with E-state index in [-0.39, 0.29) is 11.3 Å². The van der Waals surface area contributed by atoms with Crippen molar-refractivity contribution in [3.8, 4) is 0 Å². The molecule has 4 rings (SSSR count). The zero-order valence-corrected chi connectivity index (χ0v) is 14.7. The van der Waals surface area contributed by atoms with E-state index in [1.165, 1.54) is 11.9 Å². The van der Waals surface area contributed by atoms with Gasteiger partial charge >= 0.3 is 0 Å². The quantitative estimate of drug-likeness (QED) is 0.723. The number of amides is 1. The Balaban J connectivity index is 1.58. The van der Waals surface area contributed by atoms with Crippen LogP contribution in [0.4, 0.5) is 5.69 Å². The fraction of sp³-hybridized carbons (Fsp3) is 0.211. The van der Waals surface area contributed by atoms with Gasteiger partial charge in [-0.2, -0.15) is 5.10 Å². The molecule has 1 atom stereocenters. The van der Waals surface area contributed by atoms with E-state index < -0.39 is 0 Å². The lowest BCUT2D eigenvalue weighted by molar-refractivity contribution is -0.115. The van der Waals surface area contributed by atoms with Gasteiger partial charge < -0.3 is 0 Å². The molecule has 5 nitrogen and oxygen atoms in total. The van der Waals surface area contributed by atoms with Crippen LogP contribution in [0.25, 0.3) is 0 Å². The molecule has 126 valence electrons. The number of hydrogen-bond acceptors (Lipinski definition) is 4. The predicted molar refractivity (Wildman–Crippen MR) is 99.4 cm³/mol. The van der Waals surface area contributed by atoms with E-state index in [1.807, 2.05) is 29.2 Å². The minimum Gasteiger partial charge on any atom is -0.295 e. The van der Waals surface area contributed by atoms with Gasteiger partial charge in [-0.1, -0.05) is 42.0 Å². The summed E-state index contributed by atoms with van der Waals surface area (Å²) in [6, 6.07) is 16.5. The Hall–Kier alpha value is -2.60. The second-order valence-electron chi connectivity index (χ2n) is 6.10. The molecule has 6 heteroatoms. The number of nitrogens with zero attached hydrogens (tertiary/aromatic N) is 4. The minimum atomic E-state index is 0.0364. The molecule has 0 aliphatic carbocycles. The van der Waals surface area contributed by atoms with Gasteiger partial charge in [-0.05, 0) is 30.2 Å². The highest BCUT2D eigenvalue weighted by Crippen LogP contribution is 2.41. The summed E-state index contributed by atoms with van der Waals surface area (Å²) < 4.78 is 1.78. The Morgan fingerprint density at radius 1 is 1.12 bits per heavy atom. The molecule has 0 N–H and O–H groups in total. The predicted octanol–water partition coefficient (Wildman–Crippen LogP) is 3.41. The van der Waals surface area contributed by atoms with Crippen molar-refractivity contribution < 1.29 is 4.79 Å². The van der Waals surface area contributed by atoms with Crippen LogP contribution in [0.15, 0.2) is 61.2 Å². The molecule has 3 aromatic rings. The molecule has 0 saturated carbocycles. The Kier molecular flexibility index (Phi) is 4.28. The molecule has 1 amide bonds. The van der Waals surface area contributed by atoms with Crippen LogP contribution in [0.1, 0.15) is 22.1 Å². The van der Waals surface area contributed by atoms with Crippen LogP contribution in [0.5, 0.6) is 0 Å². The van der Waals surface area contributed by atoms with Crippen LogP contribution in [0, 0.1) is 6.92 Å². The largest absolute Gasteiger partial charge is 0.295 e. The summed E-state index contributed by atoms with van der Waals surface area (Å²) in [4.78, 5) is 18.3. The number of rotatable bonds is 4. The standard InChI is InChI=1S/C19H18N4OS/c1-14-2-6-16(7-3-14)19-23(18(24)11-25-19)17-8-4-15(5-9-17)10-22-13-20-12-21-22/h2-9,12-13,19H,10-11H2,1H3. The molecule has 2 heterocycles. The first-order valence-electron chi connectivity index (χ1n) is 8.12. The fourth-order valence-electron chi connectivity index (χ4n) is 2.94. The first kappa shape index (κ1) is 15.9. The molecule has 0 spiro atoms. The normalized spacial score (nSPS) is 17.2.